The Bertz CT molecular complexity index is 314. The molecular formula is C16H30N2O2. The van der Waals surface area contributed by atoms with Crippen LogP contribution in [0.15, 0.2) is 0 Å². The third-order valence-corrected chi connectivity index (χ3v) is 4.42. The second-order valence-electron chi connectivity index (χ2n) is 6.58. The minimum atomic E-state index is 0.0195. The largest absolute Gasteiger partial charge is 0.378 e. The molecule has 0 aromatic heterocycles. The second kappa shape index (κ2) is 7.41. The van der Waals surface area contributed by atoms with Crippen molar-refractivity contribution in [2.75, 3.05) is 13.2 Å². The summed E-state index contributed by atoms with van der Waals surface area (Å²) in [5, 5.41) is 3.50. The number of carbonyl (C=O) groups is 1. The molecule has 2 heterocycles. The molecule has 0 saturated carbocycles. The molecule has 2 aliphatic heterocycles. The molecule has 20 heavy (non-hydrogen) atoms. The molecule has 0 aromatic carbocycles. The first-order chi connectivity index (χ1) is 9.61. The summed E-state index contributed by atoms with van der Waals surface area (Å²) in [6.45, 7) is 8.24. The van der Waals surface area contributed by atoms with Crippen molar-refractivity contribution in [1.29, 1.82) is 0 Å². The molecule has 0 bridgehead atoms. The Kier molecular flexibility index (Phi) is 5.85. The zero-order chi connectivity index (χ0) is 14.5. The maximum atomic E-state index is 12.4. The van der Waals surface area contributed by atoms with Gasteiger partial charge in [-0.2, -0.15) is 0 Å². The summed E-state index contributed by atoms with van der Waals surface area (Å²) in [7, 11) is 0. The highest BCUT2D eigenvalue weighted by atomic mass is 16.5. The molecule has 0 aromatic rings. The molecule has 0 radical (unpaired) electrons. The van der Waals surface area contributed by atoms with E-state index in [-0.39, 0.29) is 18.1 Å². The van der Waals surface area contributed by atoms with Crippen molar-refractivity contribution in [2.45, 2.75) is 77.6 Å². The number of ether oxygens (including phenoxy) is 1. The van der Waals surface area contributed by atoms with E-state index in [1.807, 2.05) is 0 Å². The standard InChI is InChI=1S/C16H30N2O2/c1-4-14-16(19)18(15(17-14)11-12(2)3)9-8-13-7-5-6-10-20-13/h12-15,17H,4-11H2,1-3H3. The van der Waals surface area contributed by atoms with Gasteiger partial charge < -0.3 is 9.64 Å². The van der Waals surface area contributed by atoms with Gasteiger partial charge >= 0.3 is 0 Å². The number of carbonyl (C=O) groups excluding carboxylic acids is 1. The van der Waals surface area contributed by atoms with E-state index < -0.39 is 0 Å². The van der Waals surface area contributed by atoms with Gasteiger partial charge in [0, 0.05) is 13.2 Å². The molecule has 0 aliphatic carbocycles. The second-order valence-corrected chi connectivity index (χ2v) is 6.58. The van der Waals surface area contributed by atoms with Crippen LogP contribution in [0.5, 0.6) is 0 Å². The Labute approximate surface area is 123 Å². The van der Waals surface area contributed by atoms with Crippen LogP contribution in [0.4, 0.5) is 0 Å². The molecular weight excluding hydrogens is 252 g/mol. The molecule has 2 fully saturated rings. The Hall–Kier alpha value is -0.610. The molecule has 2 rings (SSSR count). The first kappa shape index (κ1) is 15.8. The molecule has 116 valence electrons. The molecule has 4 heteroatoms. The fraction of sp³-hybridized carbons (Fsp3) is 0.938. The zero-order valence-electron chi connectivity index (χ0n) is 13.2. The SMILES string of the molecule is CCC1NC(CC(C)C)N(CCC2CCCCO2)C1=O. The molecule has 3 unspecified atom stereocenters. The fourth-order valence-corrected chi connectivity index (χ4v) is 3.27. The summed E-state index contributed by atoms with van der Waals surface area (Å²) in [6.07, 6.45) is 7.09. The van der Waals surface area contributed by atoms with Crippen LogP contribution >= 0.6 is 0 Å². The lowest BCUT2D eigenvalue weighted by molar-refractivity contribution is -0.130. The summed E-state index contributed by atoms with van der Waals surface area (Å²) >= 11 is 0. The van der Waals surface area contributed by atoms with Crippen molar-refractivity contribution in [3.05, 3.63) is 0 Å². The molecule has 2 saturated heterocycles. The van der Waals surface area contributed by atoms with Crippen molar-refractivity contribution in [3.8, 4) is 0 Å². The highest BCUT2D eigenvalue weighted by Gasteiger charge is 2.37. The number of nitrogens with one attached hydrogen (secondary N) is 1. The minimum absolute atomic E-state index is 0.0195. The molecule has 3 atom stereocenters. The van der Waals surface area contributed by atoms with E-state index in [2.05, 4.69) is 31.0 Å². The summed E-state index contributed by atoms with van der Waals surface area (Å²) in [4.78, 5) is 14.5. The third kappa shape index (κ3) is 3.95. The Balaban J connectivity index is 1.89. The number of hydrogen-bond acceptors (Lipinski definition) is 3. The minimum Gasteiger partial charge on any atom is -0.378 e. The Morgan fingerprint density at radius 1 is 1.40 bits per heavy atom. The molecule has 4 nitrogen and oxygen atoms in total. The third-order valence-electron chi connectivity index (χ3n) is 4.42. The molecule has 2 aliphatic rings. The smallest absolute Gasteiger partial charge is 0.241 e. The van der Waals surface area contributed by atoms with E-state index in [0.29, 0.717) is 12.0 Å². The van der Waals surface area contributed by atoms with E-state index >= 15 is 0 Å². The van der Waals surface area contributed by atoms with Crippen molar-refractivity contribution in [1.82, 2.24) is 10.2 Å². The van der Waals surface area contributed by atoms with E-state index in [9.17, 15) is 4.79 Å². The molecule has 1 N–H and O–H groups in total. The lowest BCUT2D eigenvalue weighted by Gasteiger charge is -2.29. The maximum absolute atomic E-state index is 12.4. The van der Waals surface area contributed by atoms with Crippen molar-refractivity contribution in [2.24, 2.45) is 5.92 Å². The van der Waals surface area contributed by atoms with Gasteiger partial charge in [-0.3, -0.25) is 10.1 Å². The van der Waals surface area contributed by atoms with E-state index in [4.69, 9.17) is 4.74 Å². The molecule has 1 amide bonds. The first-order valence-corrected chi connectivity index (χ1v) is 8.30. The predicted octanol–water partition coefficient (Wildman–Crippen LogP) is 2.53. The van der Waals surface area contributed by atoms with E-state index in [0.717, 1.165) is 38.8 Å². The van der Waals surface area contributed by atoms with Gasteiger partial charge in [-0.1, -0.05) is 20.8 Å². The number of rotatable bonds is 6. The van der Waals surface area contributed by atoms with Crippen LogP contribution in [-0.2, 0) is 9.53 Å². The van der Waals surface area contributed by atoms with Crippen LogP contribution < -0.4 is 5.32 Å². The summed E-state index contributed by atoms with van der Waals surface area (Å²) in [5.41, 5.74) is 0. The lowest BCUT2D eigenvalue weighted by atomic mass is 10.1. The average molecular weight is 282 g/mol. The van der Waals surface area contributed by atoms with Gasteiger partial charge in [-0.15, -0.1) is 0 Å². The van der Waals surface area contributed by atoms with E-state index in [1.54, 1.807) is 0 Å². The monoisotopic (exact) mass is 282 g/mol. The van der Waals surface area contributed by atoms with Crippen LogP contribution in [0.25, 0.3) is 0 Å². The summed E-state index contributed by atoms with van der Waals surface area (Å²) in [5.74, 6) is 0.887. The predicted molar refractivity (Wildman–Crippen MR) is 80.4 cm³/mol. The highest BCUT2D eigenvalue weighted by molar-refractivity contribution is 5.84. The number of hydrogen-bond donors (Lipinski definition) is 1. The van der Waals surface area contributed by atoms with Gasteiger partial charge in [0.1, 0.15) is 0 Å². The lowest BCUT2D eigenvalue weighted by Crippen LogP contribution is -2.40. The maximum Gasteiger partial charge on any atom is 0.241 e. The van der Waals surface area contributed by atoms with Crippen LogP contribution in [0.3, 0.4) is 0 Å². The van der Waals surface area contributed by atoms with Crippen molar-refractivity contribution < 1.29 is 9.53 Å². The average Bonchev–Trinajstić information content (AvgIpc) is 2.73. The van der Waals surface area contributed by atoms with Gasteiger partial charge in [0.2, 0.25) is 5.91 Å². The quantitative estimate of drug-likeness (QED) is 0.814. The van der Waals surface area contributed by atoms with Gasteiger partial charge in [-0.05, 0) is 44.4 Å². The van der Waals surface area contributed by atoms with E-state index in [1.165, 1.54) is 12.8 Å². The molecule has 0 spiro atoms. The van der Waals surface area contributed by atoms with Gasteiger partial charge in [-0.25, -0.2) is 0 Å². The van der Waals surface area contributed by atoms with Crippen LogP contribution in [-0.4, -0.2) is 42.3 Å². The van der Waals surface area contributed by atoms with Crippen molar-refractivity contribution >= 4 is 5.91 Å². The van der Waals surface area contributed by atoms with Crippen LogP contribution in [0.1, 0.15) is 59.3 Å². The van der Waals surface area contributed by atoms with Crippen LogP contribution in [0.2, 0.25) is 0 Å². The number of nitrogens with zero attached hydrogens (tertiary/aromatic N) is 1. The number of amides is 1. The topological polar surface area (TPSA) is 41.6 Å². The van der Waals surface area contributed by atoms with Gasteiger partial charge in [0.25, 0.3) is 0 Å². The Morgan fingerprint density at radius 2 is 2.20 bits per heavy atom. The summed E-state index contributed by atoms with van der Waals surface area (Å²) in [6, 6.07) is 0.0195. The van der Waals surface area contributed by atoms with Crippen molar-refractivity contribution in [3.63, 3.8) is 0 Å². The normalized spacial score (nSPS) is 31.3. The summed E-state index contributed by atoms with van der Waals surface area (Å²) < 4.78 is 5.78. The van der Waals surface area contributed by atoms with Gasteiger partial charge in [0.15, 0.2) is 0 Å². The zero-order valence-corrected chi connectivity index (χ0v) is 13.2. The Morgan fingerprint density at radius 3 is 2.80 bits per heavy atom. The first-order valence-electron chi connectivity index (χ1n) is 8.30. The fourth-order valence-electron chi connectivity index (χ4n) is 3.27. The van der Waals surface area contributed by atoms with Crippen LogP contribution in [0, 0.1) is 5.92 Å². The highest BCUT2D eigenvalue weighted by Crippen LogP contribution is 2.22. The van der Waals surface area contributed by atoms with Gasteiger partial charge in [0.05, 0.1) is 18.3 Å².